The van der Waals surface area contributed by atoms with Crippen molar-refractivity contribution in [3.8, 4) is 103 Å². The lowest BCUT2D eigenvalue weighted by Crippen LogP contribution is -2.16. The first-order valence-electron chi connectivity index (χ1n) is 33.4. The van der Waals surface area contributed by atoms with Crippen LogP contribution in [0.3, 0.4) is 0 Å². The van der Waals surface area contributed by atoms with Crippen LogP contribution in [0.1, 0.15) is 57.4 Å². The normalized spacial score (nSPS) is 10.5. The van der Waals surface area contributed by atoms with Crippen LogP contribution in [0.25, 0.3) is 79.5 Å². The molecule has 3 N–H and O–H groups in total. The Hall–Kier alpha value is -11.9. The van der Waals surface area contributed by atoms with Gasteiger partial charge in [0.2, 0.25) is 23.5 Å². The molecule has 0 aliphatic carbocycles. The topological polar surface area (TPSA) is 347 Å². The van der Waals surface area contributed by atoms with Crippen molar-refractivity contribution in [2.24, 2.45) is 0 Å². The fourth-order valence-electron chi connectivity index (χ4n) is 9.48. The number of halogens is 15. The Bertz CT molecular complexity index is 5740. The van der Waals surface area contributed by atoms with E-state index in [1.807, 2.05) is 0 Å². The van der Waals surface area contributed by atoms with E-state index in [9.17, 15) is 69.4 Å². The van der Waals surface area contributed by atoms with E-state index in [-0.39, 0.29) is 152 Å². The molecule has 0 aliphatic heterocycles. The van der Waals surface area contributed by atoms with Gasteiger partial charge < -0.3 is 43.6 Å². The van der Waals surface area contributed by atoms with Crippen LogP contribution in [-0.4, -0.2) is 136 Å². The maximum absolute atomic E-state index is 14.0. The van der Waals surface area contributed by atoms with Gasteiger partial charge in [-0.05, 0) is 160 Å². The molecule has 40 heteroatoms. The highest BCUT2D eigenvalue weighted by Crippen LogP contribution is 2.36. The van der Waals surface area contributed by atoms with Gasteiger partial charge in [-0.25, -0.2) is 70.0 Å². The zero-order valence-electron chi connectivity index (χ0n) is 60.4. The second kappa shape index (κ2) is 43.9. The number of nitrogens with zero attached hydrogens (tertiary/aromatic N) is 9. The highest BCUT2D eigenvalue weighted by atomic mass is 35.5. The summed E-state index contributed by atoms with van der Waals surface area (Å²) in [5.41, 5.74) is 2.26. The highest BCUT2D eigenvalue weighted by Gasteiger charge is 2.24. The van der Waals surface area contributed by atoms with Crippen LogP contribution in [-0.2, 0) is 35.2 Å². The first-order valence-corrected chi connectivity index (χ1v) is 36.5. The van der Waals surface area contributed by atoms with Gasteiger partial charge in [0.25, 0.3) is 5.56 Å². The summed E-state index contributed by atoms with van der Waals surface area (Å²) in [4.78, 5) is 118. The molecule has 0 spiro atoms. The van der Waals surface area contributed by atoms with Gasteiger partial charge in [0, 0.05) is 38.9 Å². The minimum Gasteiger partial charge on any atom is -0.493 e. The molecule has 0 fully saturated rings. The van der Waals surface area contributed by atoms with Gasteiger partial charge in [-0.2, -0.15) is 19.9 Å². The first kappa shape index (κ1) is 91.7. The van der Waals surface area contributed by atoms with Crippen molar-refractivity contribution in [1.29, 1.82) is 0 Å². The smallest absolute Gasteiger partial charge is 0.344 e. The molecule has 0 atom stereocenters. The van der Waals surface area contributed by atoms with Crippen LogP contribution < -0.4 is 19.8 Å². The van der Waals surface area contributed by atoms with Crippen LogP contribution >= 0.6 is 92.8 Å². The van der Waals surface area contributed by atoms with Gasteiger partial charge in [0.15, 0.2) is 62.0 Å². The average Bonchev–Trinajstić information content (AvgIpc) is 1.10. The molecule has 5 heterocycles. The molecular weight excluding hydrogens is 1730 g/mol. The lowest BCUT2D eigenvalue weighted by Gasteiger charge is -2.15. The molecule has 5 aromatic heterocycles. The van der Waals surface area contributed by atoms with E-state index < -0.39 is 96.5 Å². The van der Waals surface area contributed by atoms with Gasteiger partial charge >= 0.3 is 17.9 Å². The van der Waals surface area contributed by atoms with E-state index >= 15 is 0 Å². The number of aromatic hydroxyl groups is 1. The third-order valence-electron chi connectivity index (χ3n) is 14.9. The number of ether oxygens (including phenoxy) is 6. The molecule has 12 aromatic rings. The number of aldehydes is 3. The number of hydrogen-bond donors (Lipinski definition) is 3. The minimum atomic E-state index is -0.686. The number of hydrogen-bond acceptors (Lipinski definition) is 24. The van der Waals surface area contributed by atoms with Crippen molar-refractivity contribution in [2.75, 3.05) is 39.6 Å². The summed E-state index contributed by atoms with van der Waals surface area (Å²) in [6.07, 6.45) is 1.32. The molecule has 0 bridgehead atoms. The van der Waals surface area contributed by atoms with Crippen molar-refractivity contribution in [3.05, 3.63) is 259 Å². The number of aliphatic hydroxyl groups excluding tert-OH is 1. The molecule has 25 nitrogen and oxygen atoms in total. The number of rotatable bonds is 23. The molecule has 7 aromatic carbocycles. The summed E-state index contributed by atoms with van der Waals surface area (Å²) in [5, 5.41) is 18.4. The molecule has 0 unspecified atom stereocenters. The first-order chi connectivity index (χ1) is 56.4. The van der Waals surface area contributed by atoms with E-state index in [0.29, 0.717) is 46.7 Å². The van der Waals surface area contributed by atoms with E-state index in [1.54, 1.807) is 20.8 Å². The van der Waals surface area contributed by atoms with Crippen LogP contribution in [0.15, 0.2) is 150 Å². The van der Waals surface area contributed by atoms with Crippen molar-refractivity contribution >= 4 is 130 Å². The summed E-state index contributed by atoms with van der Waals surface area (Å²) >= 11 is 45.7. The Balaban J connectivity index is 0.000000187. The highest BCUT2D eigenvalue weighted by molar-refractivity contribution is 6.37. The van der Waals surface area contributed by atoms with Gasteiger partial charge in [0.1, 0.15) is 73.1 Å². The number of carbonyl (C=O) groups excluding carboxylic acids is 6. The number of aromatic nitrogens is 10. The number of benzene rings is 7. The van der Waals surface area contributed by atoms with Crippen LogP contribution in [0, 0.1) is 40.7 Å². The fourth-order valence-corrected chi connectivity index (χ4v) is 10.8. The second-order valence-electron chi connectivity index (χ2n) is 22.8. The molecular formula is C78H53Cl8F7N10O15. The number of nitrogens with one attached hydrogen (secondary N) is 1. The quantitative estimate of drug-likeness (QED) is 0.0176. The monoisotopic (exact) mass is 1780 g/mol. The largest absolute Gasteiger partial charge is 0.493 e. The van der Waals surface area contributed by atoms with Crippen LogP contribution in [0.5, 0.6) is 23.5 Å². The van der Waals surface area contributed by atoms with Crippen molar-refractivity contribution < 1.29 is 98.1 Å². The van der Waals surface area contributed by atoms with Crippen molar-refractivity contribution in [2.45, 2.75) is 27.4 Å². The number of esters is 3. The third-order valence-corrected chi connectivity index (χ3v) is 17.3. The Morgan fingerprint density at radius 1 is 0.381 bits per heavy atom. The van der Waals surface area contributed by atoms with E-state index in [1.165, 1.54) is 109 Å². The molecule has 0 aliphatic rings. The second-order valence-corrected chi connectivity index (χ2v) is 25.9. The lowest BCUT2D eigenvalue weighted by molar-refractivity contribution is -0.146. The molecule has 0 amide bonds. The zero-order chi connectivity index (χ0) is 86.0. The van der Waals surface area contributed by atoms with E-state index in [2.05, 4.69) is 49.8 Å². The summed E-state index contributed by atoms with van der Waals surface area (Å²) in [5.74, 6) is -6.67. The Morgan fingerprint density at radius 3 is 1.04 bits per heavy atom. The number of carbonyl (C=O) groups is 6. The Morgan fingerprint density at radius 2 is 0.686 bits per heavy atom. The minimum absolute atomic E-state index is 0.00322. The molecule has 0 saturated carbocycles. The summed E-state index contributed by atoms with van der Waals surface area (Å²) in [7, 11) is 0. The van der Waals surface area contributed by atoms with Gasteiger partial charge in [-0.15, -0.1) is 0 Å². The standard InChI is InChI=1S/C21H17ClF2N2O4.C21H15ClF2N2O4.C15H11Cl2FN2O4.C11H4Cl3FN2O.C10H6ClFN2O2/c2*1-2-29-18(28)11-30-21-15(10-27)19(12-3-6-14(23)7-4-12)25-20(26-21)13-5-8-16(22)17(24)9-13;1-2-23-12(22)7-24-15-9(6-21)13(17)19-14(20-15)8-3-4-10(16)11(18)5-8;12-7-2-1-5(3-8(7)15)11-16-9(13)6(4-18)10(14)17-11;11-6-2-1-5(3-7(6)12)10-13-8(15)4-9(16)14-10/h3-9,27H,2,10-11H2,1H3;3-10H,2,11H2,1H3;3-6H,2,7H2,1H3;1-4H;1-4H,(H2,13,14,15,16). The molecule has 12 rings (SSSR count). The summed E-state index contributed by atoms with van der Waals surface area (Å²) < 4.78 is 125. The maximum Gasteiger partial charge on any atom is 0.344 e. The van der Waals surface area contributed by atoms with Crippen LogP contribution in [0.4, 0.5) is 30.7 Å². The predicted molar refractivity (Wildman–Crippen MR) is 421 cm³/mol. The van der Waals surface area contributed by atoms with Crippen molar-refractivity contribution in [1.82, 2.24) is 49.8 Å². The number of H-pyrrole nitrogens is 1. The number of aliphatic hydroxyl groups is 1. The van der Waals surface area contributed by atoms with E-state index in [4.69, 9.17) is 126 Å². The summed E-state index contributed by atoms with van der Waals surface area (Å²) in [6.45, 7) is 3.53. The van der Waals surface area contributed by atoms with Gasteiger partial charge in [-0.1, -0.05) is 92.8 Å². The molecule has 0 radical (unpaired) electrons. The van der Waals surface area contributed by atoms with Crippen molar-refractivity contribution in [3.63, 3.8) is 0 Å². The SMILES string of the molecule is CCOC(=O)COc1nc(-c2ccc(Cl)c(F)c2)nc(-c2ccc(F)cc2)c1C=O.CCOC(=O)COc1nc(-c2ccc(Cl)c(F)c2)nc(-c2ccc(F)cc2)c1CO.CCOC(=O)COc1nc(-c2ccc(Cl)c(F)c2)nc(Cl)c1C=O.O=Cc1c(Cl)nc(-c2ccc(Cl)c(F)c2)nc1Cl.O=c1cc(O)nc(-c2ccc(Cl)c(F)c2)[nH]1. The predicted octanol–water partition coefficient (Wildman–Crippen LogP) is 18.0. The Labute approximate surface area is 702 Å². The average molecular weight is 1790 g/mol. The number of aromatic amines is 1. The van der Waals surface area contributed by atoms with E-state index in [0.717, 1.165) is 36.4 Å². The summed E-state index contributed by atoms with van der Waals surface area (Å²) in [6, 6.07) is 31.5. The van der Waals surface area contributed by atoms with Gasteiger partial charge in [-0.3, -0.25) is 19.2 Å². The maximum atomic E-state index is 14.0. The molecule has 610 valence electrons. The lowest BCUT2D eigenvalue weighted by atomic mass is 10.1. The Kier molecular flexibility index (Phi) is 34.1. The fraction of sp³-hybridized carbons (Fsp3) is 0.128. The van der Waals surface area contributed by atoms with Gasteiger partial charge in [0.05, 0.1) is 80.1 Å². The third kappa shape index (κ3) is 25.3. The molecule has 0 saturated heterocycles. The molecule has 118 heavy (non-hydrogen) atoms. The van der Waals surface area contributed by atoms with Crippen LogP contribution in [0.2, 0.25) is 40.6 Å². The zero-order valence-corrected chi connectivity index (χ0v) is 66.5.